The molecule has 0 spiro atoms. The molecule has 0 bridgehead atoms. The van der Waals surface area contributed by atoms with E-state index < -0.39 is 5.25 Å². The summed E-state index contributed by atoms with van der Waals surface area (Å²) >= 11 is 4.50. The number of methoxy groups -OCH3 is 1. The zero-order chi connectivity index (χ0) is 19.4. The highest BCUT2D eigenvalue weighted by Gasteiger charge is 2.41. The zero-order valence-electron chi connectivity index (χ0n) is 14.5. The van der Waals surface area contributed by atoms with Crippen molar-refractivity contribution in [3.8, 4) is 5.75 Å². The number of nitrogens with one attached hydrogen (secondary N) is 1. The summed E-state index contributed by atoms with van der Waals surface area (Å²) in [5.74, 6) is -0.308. The number of para-hydroxylation sites is 2. The van der Waals surface area contributed by atoms with E-state index in [1.54, 1.807) is 36.4 Å². The van der Waals surface area contributed by atoms with Crippen LogP contribution < -0.4 is 15.0 Å². The summed E-state index contributed by atoms with van der Waals surface area (Å²) in [6, 6.07) is 14.1. The fourth-order valence-electron chi connectivity index (χ4n) is 2.71. The third-order valence-corrected chi connectivity index (χ3v) is 5.70. The second-order valence-corrected chi connectivity index (χ2v) is 7.90. The van der Waals surface area contributed by atoms with Crippen molar-refractivity contribution in [1.82, 2.24) is 0 Å². The number of thioether (sulfide) groups is 1. The number of halogens is 1. The zero-order valence-corrected chi connectivity index (χ0v) is 16.9. The summed E-state index contributed by atoms with van der Waals surface area (Å²) in [6.07, 6.45) is 0.0626. The lowest BCUT2D eigenvalue weighted by atomic mass is 10.2. The molecule has 8 heteroatoms. The molecule has 0 radical (unpaired) electrons. The number of carbonyl (C=O) groups excluding carboxylic acids is 3. The van der Waals surface area contributed by atoms with Gasteiger partial charge in [0.05, 0.1) is 23.8 Å². The summed E-state index contributed by atoms with van der Waals surface area (Å²) < 4.78 is 6.16. The second kappa shape index (κ2) is 8.58. The van der Waals surface area contributed by atoms with Crippen LogP contribution in [0.5, 0.6) is 5.75 Å². The first-order chi connectivity index (χ1) is 13.0. The highest BCUT2D eigenvalue weighted by Crippen LogP contribution is 2.35. The first-order valence-electron chi connectivity index (χ1n) is 8.16. The van der Waals surface area contributed by atoms with E-state index in [1.165, 1.54) is 7.11 Å². The molecule has 1 aliphatic rings. The van der Waals surface area contributed by atoms with Crippen LogP contribution in [0.3, 0.4) is 0 Å². The van der Waals surface area contributed by atoms with E-state index >= 15 is 0 Å². The second-order valence-electron chi connectivity index (χ2n) is 5.80. The monoisotopic (exact) mass is 448 g/mol. The average molecular weight is 449 g/mol. The van der Waals surface area contributed by atoms with E-state index in [2.05, 4.69) is 21.2 Å². The van der Waals surface area contributed by atoms with E-state index in [9.17, 15) is 14.4 Å². The summed E-state index contributed by atoms with van der Waals surface area (Å²) in [5, 5.41) is 2.18. The van der Waals surface area contributed by atoms with E-state index in [-0.39, 0.29) is 29.9 Å². The molecule has 2 aromatic rings. The van der Waals surface area contributed by atoms with Crippen LogP contribution in [0.15, 0.2) is 53.0 Å². The van der Waals surface area contributed by atoms with Crippen LogP contribution in [0.4, 0.5) is 11.4 Å². The number of rotatable bonds is 6. The van der Waals surface area contributed by atoms with Crippen LogP contribution in [-0.4, -0.2) is 35.8 Å². The third kappa shape index (κ3) is 4.51. The van der Waals surface area contributed by atoms with Crippen molar-refractivity contribution in [2.75, 3.05) is 23.1 Å². The Labute approximate surface area is 169 Å². The van der Waals surface area contributed by atoms with E-state index in [4.69, 9.17) is 4.74 Å². The van der Waals surface area contributed by atoms with Crippen LogP contribution in [-0.2, 0) is 14.4 Å². The normalized spacial score (nSPS) is 16.5. The van der Waals surface area contributed by atoms with Crippen LogP contribution in [0.25, 0.3) is 0 Å². The maximum atomic E-state index is 12.7. The van der Waals surface area contributed by atoms with Crippen LogP contribution in [0.1, 0.15) is 6.42 Å². The molecule has 2 aromatic carbocycles. The van der Waals surface area contributed by atoms with Crippen molar-refractivity contribution in [2.45, 2.75) is 11.7 Å². The number of hydrogen-bond donors (Lipinski definition) is 1. The largest absolute Gasteiger partial charge is 0.495 e. The SMILES string of the molecule is COc1ccccc1N1C(=O)CC(SCC(=O)Nc2ccc(Br)cc2)C1=O. The minimum absolute atomic E-state index is 0.0626. The predicted molar refractivity (Wildman–Crippen MR) is 109 cm³/mol. The Morgan fingerprint density at radius 1 is 1.22 bits per heavy atom. The van der Waals surface area contributed by atoms with Crippen molar-refractivity contribution < 1.29 is 19.1 Å². The molecule has 0 aromatic heterocycles. The van der Waals surface area contributed by atoms with Gasteiger partial charge in [0, 0.05) is 16.6 Å². The molecule has 1 N–H and O–H groups in total. The number of hydrogen-bond acceptors (Lipinski definition) is 5. The molecule has 0 aliphatic carbocycles. The van der Waals surface area contributed by atoms with Gasteiger partial charge in [0.1, 0.15) is 5.75 Å². The van der Waals surface area contributed by atoms with Crippen LogP contribution in [0, 0.1) is 0 Å². The molecular weight excluding hydrogens is 432 g/mol. The summed E-state index contributed by atoms with van der Waals surface area (Å²) in [4.78, 5) is 38.3. The molecule has 1 heterocycles. The maximum absolute atomic E-state index is 12.7. The van der Waals surface area contributed by atoms with Crippen molar-refractivity contribution in [3.05, 3.63) is 53.0 Å². The number of imide groups is 1. The molecule has 140 valence electrons. The van der Waals surface area contributed by atoms with Gasteiger partial charge in [-0.2, -0.15) is 0 Å². The smallest absolute Gasteiger partial charge is 0.247 e. The minimum atomic E-state index is -0.585. The molecular formula is C19H17BrN2O4S. The van der Waals surface area contributed by atoms with Crippen molar-refractivity contribution in [3.63, 3.8) is 0 Å². The number of nitrogens with zero attached hydrogens (tertiary/aromatic N) is 1. The average Bonchev–Trinajstić information content (AvgIpc) is 2.95. The number of ether oxygens (including phenoxy) is 1. The summed E-state index contributed by atoms with van der Waals surface area (Å²) in [6.45, 7) is 0. The Morgan fingerprint density at radius 2 is 1.93 bits per heavy atom. The Morgan fingerprint density at radius 3 is 2.63 bits per heavy atom. The van der Waals surface area contributed by atoms with Gasteiger partial charge in [-0.3, -0.25) is 14.4 Å². The lowest BCUT2D eigenvalue weighted by Crippen LogP contribution is -2.31. The lowest BCUT2D eigenvalue weighted by Gasteiger charge is -2.17. The number of amides is 3. The quantitative estimate of drug-likeness (QED) is 0.684. The van der Waals surface area contributed by atoms with Crippen molar-refractivity contribution >= 4 is 56.8 Å². The highest BCUT2D eigenvalue weighted by molar-refractivity contribution is 9.10. The Bertz CT molecular complexity index is 872. The van der Waals surface area contributed by atoms with Gasteiger partial charge in [-0.05, 0) is 36.4 Å². The number of carbonyl (C=O) groups is 3. The van der Waals surface area contributed by atoms with Gasteiger partial charge in [0.2, 0.25) is 17.7 Å². The standard InChI is InChI=1S/C19H17BrN2O4S/c1-26-15-5-3-2-4-14(15)22-18(24)10-16(19(22)25)27-11-17(23)21-13-8-6-12(20)7-9-13/h2-9,16H,10-11H2,1H3,(H,21,23). The lowest BCUT2D eigenvalue weighted by molar-refractivity contribution is -0.121. The molecule has 1 aliphatic heterocycles. The van der Waals surface area contributed by atoms with E-state index in [0.717, 1.165) is 21.1 Å². The fourth-order valence-corrected chi connectivity index (χ4v) is 3.91. The fraction of sp³-hybridized carbons (Fsp3) is 0.211. The van der Waals surface area contributed by atoms with Crippen LogP contribution in [0.2, 0.25) is 0 Å². The van der Waals surface area contributed by atoms with Gasteiger partial charge in [0.15, 0.2) is 0 Å². The Kier molecular flexibility index (Phi) is 6.18. The van der Waals surface area contributed by atoms with Crippen molar-refractivity contribution in [2.24, 2.45) is 0 Å². The number of anilines is 2. The molecule has 6 nitrogen and oxygen atoms in total. The summed E-state index contributed by atoms with van der Waals surface area (Å²) in [5.41, 5.74) is 1.10. The minimum Gasteiger partial charge on any atom is -0.495 e. The van der Waals surface area contributed by atoms with E-state index in [1.807, 2.05) is 12.1 Å². The maximum Gasteiger partial charge on any atom is 0.247 e. The van der Waals surface area contributed by atoms with Gasteiger partial charge in [-0.1, -0.05) is 28.1 Å². The first-order valence-corrected chi connectivity index (χ1v) is 10.0. The number of benzene rings is 2. The van der Waals surface area contributed by atoms with Gasteiger partial charge in [-0.25, -0.2) is 4.90 Å². The van der Waals surface area contributed by atoms with Gasteiger partial charge >= 0.3 is 0 Å². The molecule has 27 heavy (non-hydrogen) atoms. The highest BCUT2D eigenvalue weighted by atomic mass is 79.9. The molecule has 1 atom stereocenters. The third-order valence-electron chi connectivity index (χ3n) is 3.97. The Hall–Kier alpha value is -2.32. The molecule has 1 fully saturated rings. The Balaban J connectivity index is 1.61. The van der Waals surface area contributed by atoms with Crippen molar-refractivity contribution in [1.29, 1.82) is 0 Å². The van der Waals surface area contributed by atoms with Crippen LogP contribution >= 0.6 is 27.7 Å². The molecule has 1 saturated heterocycles. The van der Waals surface area contributed by atoms with Gasteiger partial charge in [0.25, 0.3) is 0 Å². The van der Waals surface area contributed by atoms with Gasteiger partial charge in [-0.15, -0.1) is 11.8 Å². The topological polar surface area (TPSA) is 75.7 Å². The first kappa shape index (κ1) is 19.4. The summed E-state index contributed by atoms with van der Waals surface area (Å²) in [7, 11) is 1.49. The van der Waals surface area contributed by atoms with Gasteiger partial charge < -0.3 is 10.1 Å². The molecule has 3 rings (SSSR count). The molecule has 1 unspecified atom stereocenters. The molecule has 0 saturated carbocycles. The molecule has 3 amide bonds. The van der Waals surface area contributed by atoms with E-state index in [0.29, 0.717) is 17.1 Å². The predicted octanol–water partition coefficient (Wildman–Crippen LogP) is 3.46.